The van der Waals surface area contributed by atoms with Crippen molar-refractivity contribution in [3.8, 4) is 0 Å². The molecule has 7 nitrogen and oxygen atoms in total. The lowest BCUT2D eigenvalue weighted by Crippen LogP contribution is -2.23. The summed E-state index contributed by atoms with van der Waals surface area (Å²) in [5, 5.41) is 14.5. The third-order valence-corrected chi connectivity index (χ3v) is 2.11. The summed E-state index contributed by atoms with van der Waals surface area (Å²) in [6, 6.07) is 6.39. The van der Waals surface area contributed by atoms with Gasteiger partial charge in [-0.2, -0.15) is 0 Å². The summed E-state index contributed by atoms with van der Waals surface area (Å²) >= 11 is 0. The largest absolute Gasteiger partial charge is 0.475 e. The summed E-state index contributed by atoms with van der Waals surface area (Å²) in [6.07, 6.45) is 1.61. The molecule has 2 N–H and O–H groups in total. The number of aromatic nitrogens is 2. The maximum Gasteiger partial charge on any atom is 0.374 e. The average Bonchev–Trinajstić information content (AvgIpc) is 2.87. The van der Waals surface area contributed by atoms with Gasteiger partial charge >= 0.3 is 5.97 Å². The van der Waals surface area contributed by atoms with E-state index >= 15 is 0 Å². The van der Waals surface area contributed by atoms with Crippen LogP contribution in [0.15, 0.2) is 35.0 Å². The van der Waals surface area contributed by atoms with Gasteiger partial charge in [-0.1, -0.05) is 11.2 Å². The molecule has 2 aromatic rings. The molecule has 0 aliphatic rings. The summed E-state index contributed by atoms with van der Waals surface area (Å²) in [6.45, 7) is 0.231. The zero-order valence-electron chi connectivity index (χ0n) is 9.16. The Kier molecular flexibility index (Phi) is 3.33. The van der Waals surface area contributed by atoms with Gasteiger partial charge in [-0.25, -0.2) is 4.79 Å². The fourth-order valence-electron chi connectivity index (χ4n) is 1.25. The minimum atomic E-state index is -1.27. The Bertz CT molecular complexity index is 565. The molecule has 0 saturated carbocycles. The highest BCUT2D eigenvalue weighted by atomic mass is 16.5. The molecule has 0 aliphatic carbocycles. The van der Waals surface area contributed by atoms with Crippen LogP contribution in [0.4, 0.5) is 0 Å². The standard InChI is InChI=1S/C11H9N3O4/c15-10(8-5-9(11(16)17)18-14-8)13-6-7-3-1-2-4-12-7/h1-5H,6H2,(H,13,15)(H,16,17). The lowest BCUT2D eigenvalue weighted by atomic mass is 10.3. The molecule has 0 saturated heterocycles. The first-order chi connectivity index (χ1) is 8.66. The minimum absolute atomic E-state index is 0.0802. The van der Waals surface area contributed by atoms with Crippen molar-refractivity contribution in [2.45, 2.75) is 6.54 Å². The Hall–Kier alpha value is -2.70. The van der Waals surface area contributed by atoms with Crippen LogP contribution in [0.3, 0.4) is 0 Å². The van der Waals surface area contributed by atoms with Crippen LogP contribution in [0.1, 0.15) is 26.7 Å². The van der Waals surface area contributed by atoms with Gasteiger partial charge in [0, 0.05) is 12.3 Å². The number of nitrogens with one attached hydrogen (secondary N) is 1. The summed E-state index contributed by atoms with van der Waals surface area (Å²) in [5.74, 6) is -2.17. The number of carboxylic acids is 1. The van der Waals surface area contributed by atoms with Crippen LogP contribution in [0, 0.1) is 0 Å². The number of carboxylic acid groups (broad SMARTS) is 1. The Labute approximate surface area is 101 Å². The van der Waals surface area contributed by atoms with Crippen molar-refractivity contribution in [1.82, 2.24) is 15.5 Å². The zero-order valence-corrected chi connectivity index (χ0v) is 9.16. The van der Waals surface area contributed by atoms with Crippen LogP contribution < -0.4 is 5.32 Å². The monoisotopic (exact) mass is 247 g/mol. The molecule has 2 rings (SSSR count). The normalized spacial score (nSPS) is 10.0. The molecule has 0 bridgehead atoms. The number of amides is 1. The zero-order chi connectivity index (χ0) is 13.0. The predicted molar refractivity (Wildman–Crippen MR) is 58.9 cm³/mol. The van der Waals surface area contributed by atoms with E-state index < -0.39 is 11.9 Å². The number of carbonyl (C=O) groups excluding carboxylic acids is 1. The number of hydrogen-bond donors (Lipinski definition) is 2. The number of aromatic carboxylic acids is 1. The molecule has 1 amide bonds. The van der Waals surface area contributed by atoms with Gasteiger partial charge in [0.25, 0.3) is 5.91 Å². The first-order valence-electron chi connectivity index (χ1n) is 5.05. The third-order valence-electron chi connectivity index (χ3n) is 2.11. The first kappa shape index (κ1) is 11.8. The number of rotatable bonds is 4. The lowest BCUT2D eigenvalue weighted by molar-refractivity contribution is 0.0651. The second-order valence-electron chi connectivity index (χ2n) is 3.39. The number of carbonyl (C=O) groups is 2. The molecule has 2 heterocycles. The topological polar surface area (TPSA) is 105 Å². The number of hydrogen-bond acceptors (Lipinski definition) is 5. The summed E-state index contributed by atoms with van der Waals surface area (Å²) in [4.78, 5) is 26.2. The van der Waals surface area contributed by atoms with E-state index in [9.17, 15) is 9.59 Å². The van der Waals surface area contributed by atoms with Crippen LogP contribution in [0.5, 0.6) is 0 Å². The van der Waals surface area contributed by atoms with E-state index in [1.807, 2.05) is 0 Å². The van der Waals surface area contributed by atoms with Crippen LogP contribution in [-0.4, -0.2) is 27.1 Å². The fourth-order valence-corrected chi connectivity index (χ4v) is 1.25. The van der Waals surface area contributed by atoms with Gasteiger partial charge in [-0.15, -0.1) is 0 Å². The molecule has 0 fully saturated rings. The SMILES string of the molecule is O=C(NCc1ccccn1)c1cc(C(=O)O)on1. The molecule has 92 valence electrons. The summed E-state index contributed by atoms with van der Waals surface area (Å²) < 4.78 is 4.47. The average molecular weight is 247 g/mol. The van der Waals surface area contributed by atoms with E-state index in [4.69, 9.17) is 5.11 Å². The highest BCUT2D eigenvalue weighted by Gasteiger charge is 2.16. The van der Waals surface area contributed by atoms with E-state index in [0.717, 1.165) is 6.07 Å². The van der Waals surface area contributed by atoms with Crippen LogP contribution in [-0.2, 0) is 6.54 Å². The molecule has 0 aliphatic heterocycles. The van der Waals surface area contributed by atoms with Crippen molar-refractivity contribution in [2.24, 2.45) is 0 Å². The smallest absolute Gasteiger partial charge is 0.374 e. The molecular formula is C11H9N3O4. The molecule has 0 aromatic carbocycles. The quantitative estimate of drug-likeness (QED) is 0.823. The molecule has 0 radical (unpaired) electrons. The Morgan fingerprint density at radius 3 is 2.83 bits per heavy atom. The van der Waals surface area contributed by atoms with Crippen molar-refractivity contribution in [3.63, 3.8) is 0 Å². The van der Waals surface area contributed by atoms with Crippen molar-refractivity contribution in [1.29, 1.82) is 0 Å². The molecule has 18 heavy (non-hydrogen) atoms. The third kappa shape index (κ3) is 2.70. The van der Waals surface area contributed by atoms with Crippen LogP contribution in [0.25, 0.3) is 0 Å². The summed E-state index contributed by atoms with van der Waals surface area (Å²) in [7, 11) is 0. The highest BCUT2D eigenvalue weighted by Crippen LogP contribution is 2.03. The fraction of sp³-hybridized carbons (Fsp3) is 0.0909. The molecular weight excluding hydrogens is 238 g/mol. The van der Waals surface area contributed by atoms with Crippen LogP contribution in [0.2, 0.25) is 0 Å². The van der Waals surface area contributed by atoms with Crippen molar-refractivity contribution in [2.75, 3.05) is 0 Å². The van der Waals surface area contributed by atoms with E-state index in [1.54, 1.807) is 24.4 Å². The van der Waals surface area contributed by atoms with E-state index in [0.29, 0.717) is 5.69 Å². The second-order valence-corrected chi connectivity index (χ2v) is 3.39. The Morgan fingerprint density at radius 2 is 2.22 bits per heavy atom. The van der Waals surface area contributed by atoms with Crippen molar-refractivity contribution < 1.29 is 19.2 Å². The molecule has 0 spiro atoms. The predicted octanol–water partition coefficient (Wildman–Crippen LogP) is 0.698. The Morgan fingerprint density at radius 1 is 1.39 bits per heavy atom. The van der Waals surface area contributed by atoms with Crippen molar-refractivity contribution in [3.05, 3.63) is 47.6 Å². The maximum atomic E-state index is 11.6. The van der Waals surface area contributed by atoms with E-state index in [2.05, 4.69) is 20.0 Å². The minimum Gasteiger partial charge on any atom is -0.475 e. The van der Waals surface area contributed by atoms with Gasteiger partial charge in [0.2, 0.25) is 5.76 Å². The Balaban J connectivity index is 1.97. The van der Waals surface area contributed by atoms with Gasteiger partial charge in [0.15, 0.2) is 5.69 Å². The van der Waals surface area contributed by atoms with Gasteiger partial charge in [0.05, 0.1) is 12.2 Å². The number of nitrogens with zero attached hydrogens (tertiary/aromatic N) is 2. The van der Waals surface area contributed by atoms with Gasteiger partial charge in [-0.3, -0.25) is 9.78 Å². The second kappa shape index (κ2) is 5.09. The lowest BCUT2D eigenvalue weighted by Gasteiger charge is -2.01. The van der Waals surface area contributed by atoms with Crippen LogP contribution >= 0.6 is 0 Å². The maximum absolute atomic E-state index is 11.6. The molecule has 0 unspecified atom stereocenters. The first-order valence-corrected chi connectivity index (χ1v) is 5.05. The molecule has 0 atom stereocenters. The summed E-state index contributed by atoms with van der Waals surface area (Å²) in [5.41, 5.74) is 0.608. The van der Waals surface area contributed by atoms with E-state index in [1.165, 1.54) is 0 Å². The van der Waals surface area contributed by atoms with Crippen molar-refractivity contribution >= 4 is 11.9 Å². The molecule has 7 heteroatoms. The van der Waals surface area contributed by atoms with E-state index in [-0.39, 0.29) is 18.0 Å². The van der Waals surface area contributed by atoms with Gasteiger partial charge in [0.1, 0.15) is 0 Å². The van der Waals surface area contributed by atoms with Gasteiger partial charge < -0.3 is 14.9 Å². The highest BCUT2D eigenvalue weighted by molar-refractivity contribution is 5.94. The molecule has 2 aromatic heterocycles. The number of pyridine rings is 1. The van der Waals surface area contributed by atoms with Gasteiger partial charge in [-0.05, 0) is 12.1 Å².